The van der Waals surface area contributed by atoms with Crippen molar-refractivity contribution in [2.45, 2.75) is 11.8 Å². The Morgan fingerprint density at radius 1 is 1.06 bits per heavy atom. The van der Waals surface area contributed by atoms with Gasteiger partial charge < -0.3 is 15.4 Å². The number of anilines is 1. The number of amides is 1. The lowest BCUT2D eigenvalue weighted by atomic mass is 10.1. The number of carbonyl (C=O) groups excluding carboxylic acids is 2. The Hall–Kier alpha value is -2.27. The predicted octanol–water partition coefficient (Wildman–Crippen LogP) is 5.53. The molecule has 0 saturated heterocycles. The van der Waals surface area contributed by atoms with Crippen LogP contribution in [-0.2, 0) is 9.53 Å². The van der Waals surface area contributed by atoms with Gasteiger partial charge in [0.2, 0.25) is 0 Å². The number of hydrogen-bond acceptors (Lipinski definition) is 6. The third-order valence-electron chi connectivity index (χ3n) is 4.04. The summed E-state index contributed by atoms with van der Waals surface area (Å²) >= 11 is 18.4. The molecule has 0 aliphatic heterocycles. The zero-order chi connectivity index (χ0) is 23.0. The van der Waals surface area contributed by atoms with Gasteiger partial charge in [-0.3, -0.25) is 4.79 Å². The van der Waals surface area contributed by atoms with E-state index >= 15 is 0 Å². The molecule has 6 nitrogen and oxygen atoms in total. The van der Waals surface area contributed by atoms with Gasteiger partial charge in [-0.25, -0.2) is 9.78 Å². The summed E-state index contributed by atoms with van der Waals surface area (Å²) in [6, 6.07) is 8.07. The summed E-state index contributed by atoms with van der Waals surface area (Å²) in [5.74, 6) is -3.10. The number of benzene rings is 2. The molecule has 3 aromatic rings. The highest BCUT2D eigenvalue weighted by atomic mass is 35.5. The number of halogens is 6. The molecule has 164 valence electrons. The van der Waals surface area contributed by atoms with Gasteiger partial charge in [-0.1, -0.05) is 46.1 Å². The van der Waals surface area contributed by atoms with E-state index in [0.29, 0.717) is 15.2 Å². The first-order valence-electron chi connectivity index (χ1n) is 8.24. The van der Waals surface area contributed by atoms with E-state index in [1.807, 2.05) is 5.32 Å². The molecule has 3 rings (SSSR count). The van der Waals surface area contributed by atoms with E-state index < -0.39 is 23.7 Å². The van der Waals surface area contributed by atoms with Crippen LogP contribution in [0, 0.1) is 0 Å². The molecule has 0 bridgehead atoms. The molecule has 0 aliphatic rings. The number of nitrogens with zero attached hydrogens (tertiary/aromatic N) is 1. The van der Waals surface area contributed by atoms with Crippen molar-refractivity contribution in [3.8, 4) is 0 Å². The number of aromatic nitrogens is 1. The molecule has 0 saturated carbocycles. The van der Waals surface area contributed by atoms with Gasteiger partial charge in [0.25, 0.3) is 5.91 Å². The normalized spacial score (nSPS) is 13.5. The fourth-order valence-corrected chi connectivity index (χ4v) is 4.26. The van der Waals surface area contributed by atoms with Crippen LogP contribution in [0.15, 0.2) is 36.4 Å². The van der Waals surface area contributed by atoms with Gasteiger partial charge in [-0.2, -0.15) is 13.2 Å². The van der Waals surface area contributed by atoms with E-state index in [0.717, 1.165) is 24.5 Å². The molecule has 0 radical (unpaired) electrons. The van der Waals surface area contributed by atoms with Crippen LogP contribution in [0.2, 0.25) is 15.1 Å². The summed E-state index contributed by atoms with van der Waals surface area (Å²) in [5.41, 5.74) is -3.65. The second-order valence-corrected chi connectivity index (χ2v) is 8.38. The number of methoxy groups -OCH3 is 1. The number of fused-ring (bicyclic) bond motifs is 1. The molecule has 2 N–H and O–H groups in total. The summed E-state index contributed by atoms with van der Waals surface area (Å²) in [7, 11) is 0.754. The maximum atomic E-state index is 14.2. The van der Waals surface area contributed by atoms with E-state index in [9.17, 15) is 22.8 Å². The van der Waals surface area contributed by atoms with Crippen molar-refractivity contribution >= 4 is 73.4 Å². The molecule has 0 fully saturated rings. The highest BCUT2D eigenvalue weighted by Gasteiger charge is 2.64. The molecule has 1 atom stereocenters. The lowest BCUT2D eigenvalue weighted by Gasteiger charge is -2.34. The smallest absolute Gasteiger partial charge is 0.442 e. The van der Waals surface area contributed by atoms with Gasteiger partial charge >= 0.3 is 17.8 Å². The molecular weight excluding hydrogens is 502 g/mol. The average molecular weight is 513 g/mol. The average Bonchev–Trinajstić information content (AvgIpc) is 3.06. The lowest BCUT2D eigenvalue weighted by molar-refractivity contribution is -0.203. The topological polar surface area (TPSA) is 80.3 Å². The third-order valence-corrected chi connectivity index (χ3v) is 5.76. The van der Waals surface area contributed by atoms with Gasteiger partial charge in [0.15, 0.2) is 5.13 Å². The van der Waals surface area contributed by atoms with Crippen molar-refractivity contribution in [3.05, 3.63) is 57.0 Å². The Morgan fingerprint density at radius 2 is 1.71 bits per heavy atom. The zero-order valence-corrected chi connectivity index (χ0v) is 18.4. The van der Waals surface area contributed by atoms with Crippen LogP contribution in [0.5, 0.6) is 0 Å². The number of esters is 1. The summed E-state index contributed by atoms with van der Waals surface area (Å²) in [5, 5.41) is 3.66. The fourth-order valence-electron chi connectivity index (χ4n) is 2.57. The Morgan fingerprint density at radius 3 is 2.32 bits per heavy atom. The molecule has 0 spiro atoms. The van der Waals surface area contributed by atoms with E-state index in [2.05, 4.69) is 9.72 Å². The molecule has 1 heterocycles. The molecule has 1 aromatic heterocycles. The number of thiazole rings is 1. The maximum absolute atomic E-state index is 14.2. The minimum absolute atomic E-state index is 0.169. The van der Waals surface area contributed by atoms with Crippen LogP contribution in [0.25, 0.3) is 10.2 Å². The maximum Gasteiger partial charge on any atom is 0.442 e. The van der Waals surface area contributed by atoms with Crippen molar-refractivity contribution in [2.75, 3.05) is 12.4 Å². The standard InChI is InChI=1S/C18H11Cl3F3N3O3S/c1-30-15(29)17(18(22,23)24,26-14(28)10-4-2-8(19)6-11(10)21)27-16-25-12-5-3-9(20)7-13(12)31-16/h2-7H,1H3,(H,25,27)(H,26,28)/t17-/m0/s1. The summed E-state index contributed by atoms with van der Waals surface area (Å²) in [6.07, 6.45) is -5.33. The molecular formula is C18H11Cl3F3N3O3S. The molecule has 2 aromatic carbocycles. The van der Waals surface area contributed by atoms with Gasteiger partial charge in [0.1, 0.15) is 0 Å². The summed E-state index contributed by atoms with van der Waals surface area (Å²) in [4.78, 5) is 29.0. The Kier molecular flexibility index (Phi) is 6.56. The summed E-state index contributed by atoms with van der Waals surface area (Å²) < 4.78 is 47.4. The zero-order valence-electron chi connectivity index (χ0n) is 15.3. The van der Waals surface area contributed by atoms with Crippen molar-refractivity contribution in [3.63, 3.8) is 0 Å². The number of hydrogen-bond donors (Lipinski definition) is 2. The Balaban J connectivity index is 2.07. The second kappa shape index (κ2) is 8.70. The van der Waals surface area contributed by atoms with Crippen molar-refractivity contribution in [1.29, 1.82) is 0 Å². The largest absolute Gasteiger partial charge is 0.466 e. The monoisotopic (exact) mass is 511 g/mol. The first-order chi connectivity index (χ1) is 14.5. The van der Waals surface area contributed by atoms with Crippen LogP contribution in [0.4, 0.5) is 18.3 Å². The van der Waals surface area contributed by atoms with E-state index in [1.54, 1.807) is 5.32 Å². The highest BCUT2D eigenvalue weighted by molar-refractivity contribution is 7.22. The van der Waals surface area contributed by atoms with Crippen LogP contribution >= 0.6 is 46.1 Å². The SMILES string of the molecule is COC(=O)[C@](NC(=O)c1ccc(Cl)cc1Cl)(Nc1nc2ccc(Cl)cc2s1)C(F)(F)F. The highest BCUT2D eigenvalue weighted by Crippen LogP contribution is 2.37. The van der Waals surface area contributed by atoms with E-state index in [-0.39, 0.29) is 20.7 Å². The van der Waals surface area contributed by atoms with Crippen LogP contribution in [0.1, 0.15) is 10.4 Å². The van der Waals surface area contributed by atoms with Crippen LogP contribution in [-0.4, -0.2) is 35.8 Å². The molecule has 0 aliphatic carbocycles. The molecule has 13 heteroatoms. The van der Waals surface area contributed by atoms with E-state index in [1.165, 1.54) is 30.3 Å². The number of alkyl halides is 3. The molecule has 0 unspecified atom stereocenters. The third kappa shape index (κ3) is 4.67. The van der Waals surface area contributed by atoms with Crippen molar-refractivity contribution in [1.82, 2.24) is 10.3 Å². The lowest BCUT2D eigenvalue weighted by Crippen LogP contribution is -2.69. The van der Waals surface area contributed by atoms with Gasteiger partial charge in [0, 0.05) is 10.0 Å². The Labute approximate surface area is 192 Å². The first-order valence-corrected chi connectivity index (χ1v) is 10.2. The predicted molar refractivity (Wildman–Crippen MR) is 113 cm³/mol. The van der Waals surface area contributed by atoms with Crippen molar-refractivity contribution < 1.29 is 27.5 Å². The minimum Gasteiger partial charge on any atom is -0.466 e. The number of carbonyl (C=O) groups is 2. The quantitative estimate of drug-likeness (QED) is 0.347. The summed E-state index contributed by atoms with van der Waals surface area (Å²) in [6.45, 7) is 0. The Bertz CT molecular complexity index is 1170. The number of rotatable bonds is 5. The number of ether oxygens (including phenoxy) is 1. The molecule has 1 amide bonds. The van der Waals surface area contributed by atoms with Gasteiger partial charge in [-0.15, -0.1) is 0 Å². The first kappa shape index (κ1) is 23.4. The number of nitrogens with one attached hydrogen (secondary N) is 2. The molecule has 31 heavy (non-hydrogen) atoms. The van der Waals surface area contributed by atoms with Gasteiger partial charge in [-0.05, 0) is 36.4 Å². The van der Waals surface area contributed by atoms with Gasteiger partial charge in [0.05, 0.1) is 27.9 Å². The fraction of sp³-hybridized carbons (Fsp3) is 0.167. The second-order valence-electron chi connectivity index (χ2n) is 6.07. The minimum atomic E-state index is -5.33. The van der Waals surface area contributed by atoms with Crippen LogP contribution in [0.3, 0.4) is 0 Å². The van der Waals surface area contributed by atoms with E-state index in [4.69, 9.17) is 34.8 Å². The van der Waals surface area contributed by atoms with Crippen molar-refractivity contribution in [2.24, 2.45) is 0 Å². The van der Waals surface area contributed by atoms with Crippen LogP contribution < -0.4 is 10.6 Å².